The first-order valence-electron chi connectivity index (χ1n) is 10.2. The van der Waals surface area contributed by atoms with Crippen molar-refractivity contribution < 1.29 is 24.5 Å². The molecule has 1 atom stereocenters. The number of hydrogen-bond donors (Lipinski definition) is 2. The SMILES string of the molecule is CCOc1ccc(/C(O)=C2\C(=O)C(=O)N(c3cc(C)ccc3O)C2c2ccccn2)cc1. The number of ketones is 1. The number of benzene rings is 2. The number of hydrogen-bond acceptors (Lipinski definition) is 6. The number of aliphatic hydroxyl groups excluding tert-OH is 1. The molecular weight excluding hydrogens is 408 g/mol. The van der Waals surface area contributed by atoms with Gasteiger partial charge in [-0.15, -0.1) is 0 Å². The van der Waals surface area contributed by atoms with Crippen molar-refractivity contribution in [3.63, 3.8) is 0 Å². The van der Waals surface area contributed by atoms with Gasteiger partial charge < -0.3 is 14.9 Å². The number of rotatable bonds is 5. The molecule has 0 saturated carbocycles. The predicted octanol–water partition coefficient (Wildman–Crippen LogP) is 4.12. The van der Waals surface area contributed by atoms with Gasteiger partial charge in [-0.1, -0.05) is 12.1 Å². The van der Waals surface area contributed by atoms with Gasteiger partial charge in [-0.05, 0) is 67.9 Å². The second-order valence-electron chi connectivity index (χ2n) is 7.37. The molecule has 1 fully saturated rings. The Balaban J connectivity index is 1.91. The van der Waals surface area contributed by atoms with Crippen LogP contribution in [0.1, 0.15) is 29.8 Å². The number of aromatic nitrogens is 1. The van der Waals surface area contributed by atoms with Gasteiger partial charge in [0, 0.05) is 11.8 Å². The standard InChI is InChI=1S/C25H22N2O5/c1-3-32-17-10-8-16(9-11-17)23(29)21-22(18-6-4-5-13-26-18)27(25(31)24(21)30)19-14-15(2)7-12-20(19)28/h4-14,22,28-29H,3H2,1-2H3/b23-21+. The van der Waals surface area contributed by atoms with Crippen molar-refractivity contribution >= 4 is 23.1 Å². The van der Waals surface area contributed by atoms with Gasteiger partial charge in [0.1, 0.15) is 23.3 Å². The normalized spacial score (nSPS) is 17.6. The zero-order valence-corrected chi connectivity index (χ0v) is 17.6. The van der Waals surface area contributed by atoms with E-state index in [1.165, 1.54) is 11.0 Å². The number of amides is 1. The van der Waals surface area contributed by atoms with Crippen LogP contribution in [0.3, 0.4) is 0 Å². The molecule has 1 aliphatic rings. The third-order valence-corrected chi connectivity index (χ3v) is 5.24. The molecule has 162 valence electrons. The highest BCUT2D eigenvalue weighted by atomic mass is 16.5. The van der Waals surface area contributed by atoms with Crippen LogP contribution in [0.15, 0.2) is 72.4 Å². The number of aliphatic hydroxyl groups is 1. The van der Waals surface area contributed by atoms with Gasteiger partial charge in [0.05, 0.1) is 23.6 Å². The summed E-state index contributed by atoms with van der Waals surface area (Å²) in [5, 5.41) is 21.6. The summed E-state index contributed by atoms with van der Waals surface area (Å²) >= 11 is 0. The summed E-state index contributed by atoms with van der Waals surface area (Å²) in [7, 11) is 0. The molecule has 0 bridgehead atoms. The fraction of sp³-hybridized carbons (Fsp3) is 0.160. The molecule has 0 aliphatic carbocycles. The summed E-state index contributed by atoms with van der Waals surface area (Å²) in [6, 6.07) is 15.5. The number of Topliss-reactive ketones (excluding diaryl/α,β-unsaturated/α-hetero) is 1. The Kier molecular flexibility index (Phi) is 5.64. The quantitative estimate of drug-likeness (QED) is 0.359. The molecule has 4 rings (SSSR count). The van der Waals surface area contributed by atoms with E-state index in [1.54, 1.807) is 60.8 Å². The maximum atomic E-state index is 13.1. The van der Waals surface area contributed by atoms with Crippen LogP contribution >= 0.6 is 0 Å². The first-order valence-corrected chi connectivity index (χ1v) is 10.2. The minimum atomic E-state index is -1.00. The second-order valence-corrected chi connectivity index (χ2v) is 7.37. The van der Waals surface area contributed by atoms with E-state index in [9.17, 15) is 19.8 Å². The van der Waals surface area contributed by atoms with E-state index < -0.39 is 17.7 Å². The highest BCUT2D eigenvalue weighted by molar-refractivity contribution is 6.51. The number of carbonyl (C=O) groups excluding carboxylic acids is 2. The molecule has 1 aromatic heterocycles. The molecule has 0 radical (unpaired) electrons. The Hall–Kier alpha value is -4.13. The number of aryl methyl sites for hydroxylation is 1. The number of phenols is 1. The van der Waals surface area contributed by atoms with Gasteiger partial charge in [-0.25, -0.2) is 0 Å². The largest absolute Gasteiger partial charge is 0.507 e. The van der Waals surface area contributed by atoms with Crippen molar-refractivity contribution in [2.45, 2.75) is 19.9 Å². The van der Waals surface area contributed by atoms with Crippen LogP contribution in [0.4, 0.5) is 5.69 Å². The summed E-state index contributed by atoms with van der Waals surface area (Å²) in [4.78, 5) is 31.7. The molecule has 7 heteroatoms. The first kappa shape index (κ1) is 21.1. The second kappa shape index (κ2) is 8.55. The number of nitrogens with zero attached hydrogens (tertiary/aromatic N) is 2. The number of anilines is 1. The Labute approximate surface area is 185 Å². The number of pyridine rings is 1. The molecule has 3 aromatic rings. The van der Waals surface area contributed by atoms with E-state index in [0.29, 0.717) is 23.6 Å². The van der Waals surface area contributed by atoms with Crippen LogP contribution in [-0.2, 0) is 9.59 Å². The molecule has 1 unspecified atom stereocenters. The van der Waals surface area contributed by atoms with Crippen molar-refractivity contribution in [1.29, 1.82) is 0 Å². The summed E-state index contributed by atoms with van der Waals surface area (Å²) in [6.45, 7) is 4.17. The average Bonchev–Trinajstić information content (AvgIpc) is 3.07. The Bertz CT molecular complexity index is 1200. The summed E-state index contributed by atoms with van der Waals surface area (Å²) < 4.78 is 5.43. The number of carbonyl (C=O) groups is 2. The van der Waals surface area contributed by atoms with Gasteiger partial charge >= 0.3 is 0 Å². The molecule has 2 heterocycles. The molecule has 32 heavy (non-hydrogen) atoms. The molecule has 1 saturated heterocycles. The third kappa shape index (κ3) is 3.69. The molecule has 2 N–H and O–H groups in total. The van der Waals surface area contributed by atoms with Crippen molar-refractivity contribution in [2.24, 2.45) is 0 Å². The van der Waals surface area contributed by atoms with Crippen LogP contribution in [0.2, 0.25) is 0 Å². The minimum absolute atomic E-state index is 0.0984. The van der Waals surface area contributed by atoms with E-state index >= 15 is 0 Å². The summed E-state index contributed by atoms with van der Waals surface area (Å²) in [5.74, 6) is -1.56. The predicted molar refractivity (Wildman–Crippen MR) is 119 cm³/mol. The fourth-order valence-corrected chi connectivity index (χ4v) is 3.76. The first-order chi connectivity index (χ1) is 15.4. The smallest absolute Gasteiger partial charge is 0.300 e. The lowest BCUT2D eigenvalue weighted by atomic mass is 9.98. The van der Waals surface area contributed by atoms with E-state index in [1.807, 2.05) is 13.8 Å². The summed E-state index contributed by atoms with van der Waals surface area (Å²) in [6.07, 6.45) is 1.54. The average molecular weight is 430 g/mol. The third-order valence-electron chi connectivity index (χ3n) is 5.24. The minimum Gasteiger partial charge on any atom is -0.507 e. The topological polar surface area (TPSA) is 100.0 Å². The van der Waals surface area contributed by atoms with Crippen molar-refractivity contribution in [1.82, 2.24) is 4.98 Å². The number of phenolic OH excluding ortho intramolecular Hbond substituents is 1. The van der Waals surface area contributed by atoms with Gasteiger partial charge in [0.15, 0.2) is 0 Å². The maximum Gasteiger partial charge on any atom is 0.300 e. The number of ether oxygens (including phenoxy) is 1. The van der Waals surface area contributed by atoms with E-state index in [2.05, 4.69) is 4.98 Å². The van der Waals surface area contributed by atoms with Crippen LogP contribution in [0.25, 0.3) is 5.76 Å². The number of aromatic hydroxyl groups is 1. The lowest BCUT2D eigenvalue weighted by Crippen LogP contribution is -2.30. The van der Waals surface area contributed by atoms with Crippen LogP contribution < -0.4 is 9.64 Å². The zero-order valence-electron chi connectivity index (χ0n) is 17.6. The fourth-order valence-electron chi connectivity index (χ4n) is 3.76. The van der Waals surface area contributed by atoms with E-state index in [4.69, 9.17) is 4.74 Å². The van der Waals surface area contributed by atoms with Crippen LogP contribution in [-0.4, -0.2) is 33.5 Å². The Morgan fingerprint density at radius 3 is 2.50 bits per heavy atom. The lowest BCUT2D eigenvalue weighted by molar-refractivity contribution is -0.132. The molecule has 7 nitrogen and oxygen atoms in total. The van der Waals surface area contributed by atoms with Gasteiger partial charge in [0.25, 0.3) is 11.7 Å². The van der Waals surface area contributed by atoms with Gasteiger partial charge in [-0.3, -0.25) is 19.5 Å². The molecule has 1 aliphatic heterocycles. The van der Waals surface area contributed by atoms with Crippen molar-refractivity contribution in [2.75, 3.05) is 11.5 Å². The molecule has 0 spiro atoms. The van der Waals surface area contributed by atoms with Gasteiger partial charge in [0.2, 0.25) is 0 Å². The molecular formula is C25H22N2O5. The van der Waals surface area contributed by atoms with Crippen molar-refractivity contribution in [3.8, 4) is 11.5 Å². The van der Waals surface area contributed by atoms with Crippen molar-refractivity contribution in [3.05, 3.63) is 89.3 Å². The maximum absolute atomic E-state index is 13.1. The van der Waals surface area contributed by atoms with Crippen LogP contribution in [0, 0.1) is 6.92 Å². The van der Waals surface area contributed by atoms with E-state index in [-0.39, 0.29) is 22.8 Å². The monoisotopic (exact) mass is 430 g/mol. The molecule has 1 amide bonds. The van der Waals surface area contributed by atoms with E-state index in [0.717, 1.165) is 5.56 Å². The Morgan fingerprint density at radius 1 is 1.09 bits per heavy atom. The Morgan fingerprint density at radius 2 is 1.84 bits per heavy atom. The highest BCUT2D eigenvalue weighted by Gasteiger charge is 2.48. The summed E-state index contributed by atoms with van der Waals surface area (Å²) in [5.41, 5.74) is 1.62. The lowest BCUT2D eigenvalue weighted by Gasteiger charge is -2.25. The zero-order chi connectivity index (χ0) is 22.8. The van der Waals surface area contributed by atoms with Crippen LogP contribution in [0.5, 0.6) is 11.5 Å². The molecule has 2 aromatic carbocycles. The van der Waals surface area contributed by atoms with Gasteiger partial charge in [-0.2, -0.15) is 0 Å². The highest BCUT2D eigenvalue weighted by Crippen LogP contribution is 2.44.